The molecule has 1 atom stereocenters. The second-order valence-electron chi connectivity index (χ2n) is 2.39. The first-order valence-corrected chi connectivity index (χ1v) is 3.89. The molecule has 0 heterocycles. The third kappa shape index (κ3) is 3.92. The highest BCUT2D eigenvalue weighted by Gasteiger charge is 2.12. The predicted octanol–water partition coefficient (Wildman–Crippen LogP) is -1.41. The molecule has 0 radical (unpaired) electrons. The van der Waals surface area contributed by atoms with Crippen LogP contribution >= 0.6 is 0 Å². The normalized spacial score (nSPS) is 11.9. The maximum atomic E-state index is 11.0. The van der Waals surface area contributed by atoms with E-state index < -0.39 is 6.04 Å². The molecule has 2 amide bonds. The van der Waals surface area contributed by atoms with Gasteiger partial charge in [-0.1, -0.05) is 0 Å². The van der Waals surface area contributed by atoms with Crippen molar-refractivity contribution in [3.63, 3.8) is 0 Å². The van der Waals surface area contributed by atoms with Crippen LogP contribution in [0.25, 0.3) is 0 Å². The standard InChI is InChI=1S/C7H15N3O2/c1-3-9-7(12)5(2)10-6(11)4-8/h5H,3-4,8H2,1-2H3,(H,9,12)(H,10,11). The molecule has 0 aliphatic rings. The average Bonchev–Trinajstić information content (AvgIpc) is 2.04. The molecule has 5 heteroatoms. The van der Waals surface area contributed by atoms with Gasteiger partial charge in [-0.3, -0.25) is 9.59 Å². The van der Waals surface area contributed by atoms with Crippen LogP contribution < -0.4 is 16.4 Å². The summed E-state index contributed by atoms with van der Waals surface area (Å²) in [6.45, 7) is 3.89. The molecule has 5 nitrogen and oxygen atoms in total. The second-order valence-corrected chi connectivity index (χ2v) is 2.39. The number of nitrogens with two attached hydrogens (primary N) is 1. The van der Waals surface area contributed by atoms with E-state index >= 15 is 0 Å². The molecule has 0 saturated carbocycles. The molecular weight excluding hydrogens is 158 g/mol. The summed E-state index contributed by atoms with van der Waals surface area (Å²) in [5, 5.41) is 5.02. The summed E-state index contributed by atoms with van der Waals surface area (Å²) < 4.78 is 0. The van der Waals surface area contributed by atoms with Crippen molar-refractivity contribution in [3.05, 3.63) is 0 Å². The summed E-state index contributed by atoms with van der Waals surface area (Å²) in [6, 6.07) is -0.513. The smallest absolute Gasteiger partial charge is 0.242 e. The van der Waals surface area contributed by atoms with Gasteiger partial charge < -0.3 is 16.4 Å². The number of rotatable bonds is 4. The number of amides is 2. The van der Waals surface area contributed by atoms with Gasteiger partial charge in [-0.15, -0.1) is 0 Å². The summed E-state index contributed by atoms with van der Waals surface area (Å²) in [7, 11) is 0. The third-order valence-corrected chi connectivity index (χ3v) is 1.31. The SMILES string of the molecule is CCNC(=O)C(C)NC(=O)CN. The maximum absolute atomic E-state index is 11.0. The highest BCUT2D eigenvalue weighted by Crippen LogP contribution is 1.80. The maximum Gasteiger partial charge on any atom is 0.242 e. The fourth-order valence-corrected chi connectivity index (χ4v) is 0.693. The van der Waals surface area contributed by atoms with Gasteiger partial charge in [0.1, 0.15) is 6.04 Å². The van der Waals surface area contributed by atoms with Crippen molar-refractivity contribution in [3.8, 4) is 0 Å². The molecular formula is C7H15N3O2. The van der Waals surface area contributed by atoms with E-state index in [0.717, 1.165) is 0 Å². The van der Waals surface area contributed by atoms with Crippen molar-refractivity contribution < 1.29 is 9.59 Å². The minimum atomic E-state index is -0.513. The topological polar surface area (TPSA) is 84.2 Å². The van der Waals surface area contributed by atoms with Gasteiger partial charge in [-0.25, -0.2) is 0 Å². The lowest BCUT2D eigenvalue weighted by molar-refractivity contribution is -0.127. The number of likely N-dealkylation sites (N-methyl/N-ethyl adjacent to an activating group) is 1. The zero-order chi connectivity index (χ0) is 9.56. The van der Waals surface area contributed by atoms with Crippen molar-refractivity contribution in [1.29, 1.82) is 0 Å². The van der Waals surface area contributed by atoms with E-state index in [2.05, 4.69) is 10.6 Å². The minimum Gasteiger partial charge on any atom is -0.355 e. The summed E-state index contributed by atoms with van der Waals surface area (Å²) in [4.78, 5) is 21.7. The van der Waals surface area contributed by atoms with Gasteiger partial charge in [0.05, 0.1) is 6.54 Å². The molecule has 0 fully saturated rings. The Morgan fingerprint density at radius 2 is 2.08 bits per heavy atom. The number of nitrogens with one attached hydrogen (secondary N) is 2. The molecule has 0 bridgehead atoms. The molecule has 4 N–H and O–H groups in total. The van der Waals surface area contributed by atoms with Crippen LogP contribution in [0.5, 0.6) is 0 Å². The summed E-state index contributed by atoms with van der Waals surface area (Å²) in [5.41, 5.74) is 5.05. The lowest BCUT2D eigenvalue weighted by Gasteiger charge is -2.11. The Balaban J connectivity index is 3.78. The van der Waals surface area contributed by atoms with Gasteiger partial charge in [0.2, 0.25) is 11.8 Å². The van der Waals surface area contributed by atoms with E-state index in [0.29, 0.717) is 6.54 Å². The number of hydrogen-bond donors (Lipinski definition) is 3. The molecule has 1 unspecified atom stereocenters. The van der Waals surface area contributed by atoms with Gasteiger partial charge in [-0.2, -0.15) is 0 Å². The van der Waals surface area contributed by atoms with Crippen LogP contribution in [-0.4, -0.2) is 30.9 Å². The average molecular weight is 173 g/mol. The molecule has 0 aliphatic carbocycles. The van der Waals surface area contributed by atoms with Crippen molar-refractivity contribution in [2.24, 2.45) is 5.73 Å². The van der Waals surface area contributed by atoms with E-state index in [9.17, 15) is 9.59 Å². The van der Waals surface area contributed by atoms with Gasteiger partial charge in [-0.05, 0) is 13.8 Å². The zero-order valence-corrected chi connectivity index (χ0v) is 7.39. The van der Waals surface area contributed by atoms with Crippen LogP contribution in [0.3, 0.4) is 0 Å². The summed E-state index contributed by atoms with van der Waals surface area (Å²) >= 11 is 0. The molecule has 0 aromatic rings. The highest BCUT2D eigenvalue weighted by atomic mass is 16.2. The minimum absolute atomic E-state index is 0.0935. The first kappa shape index (κ1) is 10.9. The van der Waals surface area contributed by atoms with Crippen molar-refractivity contribution in [1.82, 2.24) is 10.6 Å². The van der Waals surface area contributed by atoms with Crippen molar-refractivity contribution >= 4 is 11.8 Å². The monoisotopic (exact) mass is 173 g/mol. The number of hydrogen-bond acceptors (Lipinski definition) is 3. The van der Waals surface area contributed by atoms with Crippen LogP contribution in [0.15, 0.2) is 0 Å². The van der Waals surface area contributed by atoms with Gasteiger partial charge in [0, 0.05) is 6.54 Å². The number of carbonyl (C=O) groups is 2. The Hall–Kier alpha value is -1.10. The third-order valence-electron chi connectivity index (χ3n) is 1.31. The lowest BCUT2D eigenvalue weighted by Crippen LogP contribution is -2.46. The van der Waals surface area contributed by atoms with E-state index in [1.807, 2.05) is 6.92 Å². The van der Waals surface area contributed by atoms with Crippen LogP contribution in [0.1, 0.15) is 13.8 Å². The van der Waals surface area contributed by atoms with Crippen LogP contribution in [0.4, 0.5) is 0 Å². The first-order chi connectivity index (χ1) is 5.61. The summed E-state index contributed by atoms with van der Waals surface area (Å²) in [6.07, 6.45) is 0. The van der Waals surface area contributed by atoms with Gasteiger partial charge >= 0.3 is 0 Å². The van der Waals surface area contributed by atoms with Crippen LogP contribution in [-0.2, 0) is 9.59 Å². The molecule has 0 aliphatic heterocycles. The van der Waals surface area contributed by atoms with E-state index in [1.165, 1.54) is 0 Å². The van der Waals surface area contributed by atoms with Gasteiger partial charge in [0.25, 0.3) is 0 Å². The van der Waals surface area contributed by atoms with E-state index in [1.54, 1.807) is 6.92 Å². The lowest BCUT2D eigenvalue weighted by atomic mass is 10.3. The van der Waals surface area contributed by atoms with Crippen LogP contribution in [0, 0.1) is 0 Å². The van der Waals surface area contributed by atoms with E-state index in [4.69, 9.17) is 5.73 Å². The molecule has 70 valence electrons. The quantitative estimate of drug-likeness (QED) is 0.488. The molecule has 0 spiro atoms. The molecule has 0 aromatic heterocycles. The van der Waals surface area contributed by atoms with Crippen LogP contribution in [0.2, 0.25) is 0 Å². The predicted molar refractivity (Wildman–Crippen MR) is 45.3 cm³/mol. The Morgan fingerprint density at radius 1 is 1.50 bits per heavy atom. The highest BCUT2D eigenvalue weighted by molar-refractivity contribution is 5.87. The van der Waals surface area contributed by atoms with Gasteiger partial charge in [0.15, 0.2) is 0 Å². The molecule has 0 rings (SSSR count). The summed E-state index contributed by atoms with van der Waals surface area (Å²) in [5.74, 6) is -0.520. The second kappa shape index (κ2) is 5.54. The number of carbonyl (C=O) groups excluding carboxylic acids is 2. The largest absolute Gasteiger partial charge is 0.355 e. The molecule has 0 saturated heterocycles. The van der Waals surface area contributed by atoms with Crippen molar-refractivity contribution in [2.45, 2.75) is 19.9 Å². The molecule has 0 aromatic carbocycles. The first-order valence-electron chi connectivity index (χ1n) is 3.89. The zero-order valence-electron chi connectivity index (χ0n) is 7.39. The van der Waals surface area contributed by atoms with Crippen molar-refractivity contribution in [2.75, 3.05) is 13.1 Å². The fourth-order valence-electron chi connectivity index (χ4n) is 0.693. The fraction of sp³-hybridized carbons (Fsp3) is 0.714. The Labute approximate surface area is 71.7 Å². The molecule has 12 heavy (non-hydrogen) atoms. The Kier molecular flexibility index (Phi) is 5.03. The Bertz CT molecular complexity index is 170. The Morgan fingerprint density at radius 3 is 2.50 bits per heavy atom. The van der Waals surface area contributed by atoms with E-state index in [-0.39, 0.29) is 18.4 Å².